The minimum Gasteiger partial charge on any atom is -0.372 e. The Bertz CT molecular complexity index is 268. The minimum atomic E-state index is 0.267. The SMILES string of the molecule is CC[C@@H](C)n1ccc(COC(C)C)n1. The summed E-state index contributed by atoms with van der Waals surface area (Å²) in [5.74, 6) is 0. The Hall–Kier alpha value is -0.830. The number of rotatable bonds is 5. The quantitative estimate of drug-likeness (QED) is 0.724. The van der Waals surface area contributed by atoms with Gasteiger partial charge in [0.2, 0.25) is 0 Å². The highest BCUT2D eigenvalue weighted by Gasteiger charge is 2.04. The van der Waals surface area contributed by atoms with Crippen LogP contribution in [0.15, 0.2) is 12.3 Å². The summed E-state index contributed by atoms with van der Waals surface area (Å²) in [4.78, 5) is 0. The topological polar surface area (TPSA) is 27.1 Å². The summed E-state index contributed by atoms with van der Waals surface area (Å²) < 4.78 is 7.48. The van der Waals surface area contributed by atoms with Crippen molar-refractivity contribution >= 4 is 0 Å². The first-order valence-corrected chi connectivity index (χ1v) is 5.29. The van der Waals surface area contributed by atoms with Crippen molar-refractivity contribution < 1.29 is 4.74 Å². The molecule has 0 fully saturated rings. The predicted molar refractivity (Wildman–Crippen MR) is 57.2 cm³/mol. The number of ether oxygens (including phenoxy) is 1. The summed E-state index contributed by atoms with van der Waals surface area (Å²) in [6.45, 7) is 9.01. The molecular formula is C11H20N2O. The molecule has 0 aliphatic carbocycles. The molecule has 0 aromatic carbocycles. The Morgan fingerprint density at radius 3 is 2.71 bits per heavy atom. The standard InChI is InChI=1S/C11H20N2O/c1-5-10(4)13-7-6-11(12-13)8-14-9(2)3/h6-7,9-10H,5,8H2,1-4H3/t10-/m1/s1. The van der Waals surface area contributed by atoms with E-state index in [0.29, 0.717) is 12.6 Å². The molecule has 1 aromatic rings. The van der Waals surface area contributed by atoms with Crippen LogP contribution in [0.1, 0.15) is 45.9 Å². The largest absolute Gasteiger partial charge is 0.372 e. The van der Waals surface area contributed by atoms with Crippen molar-refractivity contribution in [3.63, 3.8) is 0 Å². The van der Waals surface area contributed by atoms with Crippen molar-refractivity contribution in [1.82, 2.24) is 9.78 Å². The van der Waals surface area contributed by atoms with Gasteiger partial charge in [-0.15, -0.1) is 0 Å². The molecule has 0 saturated carbocycles. The summed E-state index contributed by atoms with van der Waals surface area (Å²) in [6.07, 6.45) is 3.39. The van der Waals surface area contributed by atoms with E-state index in [9.17, 15) is 0 Å². The zero-order chi connectivity index (χ0) is 10.6. The molecule has 3 heteroatoms. The highest BCUT2D eigenvalue weighted by Crippen LogP contribution is 2.09. The zero-order valence-electron chi connectivity index (χ0n) is 9.53. The summed E-state index contributed by atoms with van der Waals surface area (Å²) in [6, 6.07) is 2.50. The van der Waals surface area contributed by atoms with Gasteiger partial charge in [-0.2, -0.15) is 5.10 Å². The van der Waals surface area contributed by atoms with Gasteiger partial charge in [-0.25, -0.2) is 0 Å². The third-order valence-electron chi connectivity index (χ3n) is 2.27. The lowest BCUT2D eigenvalue weighted by Gasteiger charge is -2.08. The number of hydrogen-bond acceptors (Lipinski definition) is 2. The van der Waals surface area contributed by atoms with Crippen LogP contribution in [0.5, 0.6) is 0 Å². The number of nitrogens with zero attached hydrogens (tertiary/aromatic N) is 2. The lowest BCUT2D eigenvalue weighted by atomic mass is 10.3. The number of hydrogen-bond donors (Lipinski definition) is 0. The lowest BCUT2D eigenvalue weighted by molar-refractivity contribution is 0.0631. The van der Waals surface area contributed by atoms with E-state index in [0.717, 1.165) is 12.1 Å². The van der Waals surface area contributed by atoms with E-state index in [1.165, 1.54) is 0 Å². The highest BCUT2D eigenvalue weighted by molar-refractivity contribution is 4.97. The Labute approximate surface area is 86.1 Å². The second kappa shape index (κ2) is 5.15. The van der Waals surface area contributed by atoms with Crippen LogP contribution in [0.3, 0.4) is 0 Å². The van der Waals surface area contributed by atoms with E-state index in [1.807, 2.05) is 30.8 Å². The fourth-order valence-corrected chi connectivity index (χ4v) is 1.14. The van der Waals surface area contributed by atoms with Crippen molar-refractivity contribution in [2.75, 3.05) is 0 Å². The second-order valence-corrected chi connectivity index (χ2v) is 3.90. The van der Waals surface area contributed by atoms with E-state index < -0.39 is 0 Å². The molecule has 0 bridgehead atoms. The predicted octanol–water partition coefficient (Wildman–Crippen LogP) is 2.78. The molecule has 80 valence electrons. The van der Waals surface area contributed by atoms with Crippen molar-refractivity contribution in [2.45, 2.75) is 52.9 Å². The Kier molecular flexibility index (Phi) is 4.14. The van der Waals surface area contributed by atoms with E-state index in [4.69, 9.17) is 4.74 Å². The van der Waals surface area contributed by atoms with Crippen molar-refractivity contribution in [1.29, 1.82) is 0 Å². The van der Waals surface area contributed by atoms with E-state index in [2.05, 4.69) is 18.9 Å². The molecule has 3 nitrogen and oxygen atoms in total. The molecule has 1 heterocycles. The third-order valence-corrected chi connectivity index (χ3v) is 2.27. The van der Waals surface area contributed by atoms with E-state index >= 15 is 0 Å². The first-order chi connectivity index (χ1) is 6.63. The molecular weight excluding hydrogens is 176 g/mol. The van der Waals surface area contributed by atoms with Gasteiger partial charge in [0.15, 0.2) is 0 Å². The molecule has 0 aliphatic rings. The summed E-state index contributed by atoms with van der Waals surface area (Å²) in [5.41, 5.74) is 1.01. The Balaban J connectivity index is 2.50. The fraction of sp³-hybridized carbons (Fsp3) is 0.727. The normalized spacial score (nSPS) is 13.5. The average Bonchev–Trinajstić information content (AvgIpc) is 2.62. The molecule has 1 atom stereocenters. The van der Waals surface area contributed by atoms with Gasteiger partial charge in [-0.05, 0) is 33.3 Å². The smallest absolute Gasteiger partial charge is 0.0909 e. The monoisotopic (exact) mass is 196 g/mol. The molecule has 0 amide bonds. The van der Waals surface area contributed by atoms with Gasteiger partial charge in [-0.3, -0.25) is 4.68 Å². The summed E-state index contributed by atoms with van der Waals surface area (Å²) in [5, 5.41) is 4.44. The van der Waals surface area contributed by atoms with Crippen molar-refractivity contribution in [3.05, 3.63) is 18.0 Å². The van der Waals surface area contributed by atoms with Crippen LogP contribution in [0, 0.1) is 0 Å². The molecule has 0 spiro atoms. The van der Waals surface area contributed by atoms with Gasteiger partial charge in [-0.1, -0.05) is 6.92 Å². The van der Waals surface area contributed by atoms with Crippen molar-refractivity contribution in [3.8, 4) is 0 Å². The molecule has 1 rings (SSSR count). The van der Waals surface area contributed by atoms with Gasteiger partial charge < -0.3 is 4.74 Å². The molecule has 0 unspecified atom stereocenters. The van der Waals surface area contributed by atoms with Gasteiger partial charge in [0.25, 0.3) is 0 Å². The van der Waals surface area contributed by atoms with Crippen LogP contribution in [-0.2, 0) is 11.3 Å². The first kappa shape index (κ1) is 11.2. The van der Waals surface area contributed by atoms with Crippen LogP contribution >= 0.6 is 0 Å². The molecule has 0 N–H and O–H groups in total. The Morgan fingerprint density at radius 1 is 1.43 bits per heavy atom. The van der Waals surface area contributed by atoms with E-state index in [1.54, 1.807) is 0 Å². The zero-order valence-corrected chi connectivity index (χ0v) is 9.53. The van der Waals surface area contributed by atoms with Crippen LogP contribution < -0.4 is 0 Å². The molecule has 0 aliphatic heterocycles. The van der Waals surface area contributed by atoms with Crippen LogP contribution in [0.4, 0.5) is 0 Å². The minimum absolute atomic E-state index is 0.267. The fourth-order valence-electron chi connectivity index (χ4n) is 1.14. The molecule has 1 aromatic heterocycles. The average molecular weight is 196 g/mol. The van der Waals surface area contributed by atoms with Crippen molar-refractivity contribution in [2.24, 2.45) is 0 Å². The van der Waals surface area contributed by atoms with Crippen LogP contribution in [-0.4, -0.2) is 15.9 Å². The molecule has 14 heavy (non-hydrogen) atoms. The van der Waals surface area contributed by atoms with E-state index in [-0.39, 0.29) is 6.10 Å². The highest BCUT2D eigenvalue weighted by atomic mass is 16.5. The van der Waals surface area contributed by atoms with Crippen LogP contribution in [0.25, 0.3) is 0 Å². The van der Waals surface area contributed by atoms with Crippen LogP contribution in [0.2, 0.25) is 0 Å². The second-order valence-electron chi connectivity index (χ2n) is 3.90. The Morgan fingerprint density at radius 2 is 2.14 bits per heavy atom. The third kappa shape index (κ3) is 3.14. The maximum atomic E-state index is 5.48. The van der Waals surface area contributed by atoms with Gasteiger partial charge in [0.05, 0.1) is 18.4 Å². The van der Waals surface area contributed by atoms with Gasteiger partial charge >= 0.3 is 0 Å². The lowest BCUT2D eigenvalue weighted by Crippen LogP contribution is -2.06. The summed E-state index contributed by atoms with van der Waals surface area (Å²) in [7, 11) is 0. The van der Waals surface area contributed by atoms with Gasteiger partial charge in [0.1, 0.15) is 0 Å². The van der Waals surface area contributed by atoms with Gasteiger partial charge in [0, 0.05) is 12.2 Å². The maximum absolute atomic E-state index is 5.48. The number of aromatic nitrogens is 2. The molecule has 0 saturated heterocycles. The first-order valence-electron chi connectivity index (χ1n) is 5.29. The molecule has 0 radical (unpaired) electrons. The maximum Gasteiger partial charge on any atom is 0.0909 e. The summed E-state index contributed by atoms with van der Waals surface area (Å²) >= 11 is 0.